The van der Waals surface area contributed by atoms with E-state index in [1.54, 1.807) is 0 Å². The van der Waals surface area contributed by atoms with E-state index in [0.29, 0.717) is 12.3 Å². The van der Waals surface area contributed by atoms with Gasteiger partial charge in [0, 0.05) is 6.54 Å². The lowest BCUT2D eigenvalue weighted by atomic mass is 9.77. The molecule has 1 aliphatic carbocycles. The summed E-state index contributed by atoms with van der Waals surface area (Å²) in [6.07, 6.45) is 4.50. The maximum atomic E-state index is 11.6. The molecule has 18 heavy (non-hydrogen) atoms. The summed E-state index contributed by atoms with van der Waals surface area (Å²) in [5, 5.41) is 9.50. The minimum Gasteiger partial charge on any atom is -0.481 e. The van der Waals surface area contributed by atoms with Crippen molar-refractivity contribution in [3.63, 3.8) is 0 Å². The monoisotopic (exact) mass is 247 g/mol. The SMILES string of the molecule is NCC(CCc1ccccc1)(CC1CC1)C(=O)O. The number of aryl methyl sites for hydroxylation is 1. The van der Waals surface area contributed by atoms with Crippen molar-refractivity contribution in [1.82, 2.24) is 0 Å². The van der Waals surface area contributed by atoms with Crippen molar-refractivity contribution in [2.45, 2.75) is 32.1 Å². The zero-order valence-corrected chi connectivity index (χ0v) is 10.6. The first kappa shape index (κ1) is 13.1. The smallest absolute Gasteiger partial charge is 0.310 e. The van der Waals surface area contributed by atoms with Gasteiger partial charge in [-0.2, -0.15) is 0 Å². The maximum Gasteiger partial charge on any atom is 0.310 e. The summed E-state index contributed by atoms with van der Waals surface area (Å²) in [6, 6.07) is 10.0. The summed E-state index contributed by atoms with van der Waals surface area (Å²) < 4.78 is 0. The van der Waals surface area contributed by atoms with Gasteiger partial charge in [0.15, 0.2) is 0 Å². The highest BCUT2D eigenvalue weighted by Crippen LogP contribution is 2.42. The number of carboxylic acid groups (broad SMARTS) is 1. The number of benzene rings is 1. The van der Waals surface area contributed by atoms with E-state index < -0.39 is 11.4 Å². The summed E-state index contributed by atoms with van der Waals surface area (Å²) in [5.74, 6) is -0.145. The Morgan fingerprint density at radius 2 is 2.00 bits per heavy atom. The van der Waals surface area contributed by atoms with Gasteiger partial charge in [0.05, 0.1) is 5.41 Å². The average Bonchev–Trinajstić information content (AvgIpc) is 3.19. The second kappa shape index (κ2) is 5.53. The van der Waals surface area contributed by atoms with Crippen molar-refractivity contribution in [1.29, 1.82) is 0 Å². The molecule has 1 aliphatic rings. The van der Waals surface area contributed by atoms with Gasteiger partial charge in [0.25, 0.3) is 0 Å². The third-order valence-corrected chi connectivity index (χ3v) is 3.96. The van der Waals surface area contributed by atoms with Gasteiger partial charge in [-0.05, 0) is 30.7 Å². The van der Waals surface area contributed by atoms with E-state index in [0.717, 1.165) is 12.8 Å². The molecule has 98 valence electrons. The van der Waals surface area contributed by atoms with Gasteiger partial charge in [0.2, 0.25) is 0 Å². The predicted molar refractivity (Wildman–Crippen MR) is 71.2 cm³/mol. The molecule has 2 rings (SSSR count). The van der Waals surface area contributed by atoms with Crippen molar-refractivity contribution in [2.24, 2.45) is 17.1 Å². The fourth-order valence-electron chi connectivity index (χ4n) is 2.47. The van der Waals surface area contributed by atoms with Crippen LogP contribution in [0.4, 0.5) is 0 Å². The fraction of sp³-hybridized carbons (Fsp3) is 0.533. The summed E-state index contributed by atoms with van der Waals surface area (Å²) >= 11 is 0. The molecule has 0 amide bonds. The minimum absolute atomic E-state index is 0.242. The molecule has 1 fully saturated rings. The highest BCUT2D eigenvalue weighted by Gasteiger charge is 2.41. The van der Waals surface area contributed by atoms with Gasteiger partial charge in [-0.25, -0.2) is 0 Å². The summed E-state index contributed by atoms with van der Waals surface area (Å²) in [4.78, 5) is 11.6. The molecule has 0 heterocycles. The first-order valence-electron chi connectivity index (χ1n) is 6.64. The Morgan fingerprint density at radius 1 is 1.33 bits per heavy atom. The number of carboxylic acids is 1. The molecule has 0 aliphatic heterocycles. The fourth-order valence-corrected chi connectivity index (χ4v) is 2.47. The molecule has 1 aromatic carbocycles. The largest absolute Gasteiger partial charge is 0.481 e. The van der Waals surface area contributed by atoms with Crippen LogP contribution in [0.2, 0.25) is 0 Å². The number of nitrogens with two attached hydrogens (primary N) is 1. The zero-order chi connectivity index (χ0) is 13.0. The Kier molecular flexibility index (Phi) is 4.02. The summed E-state index contributed by atoms with van der Waals surface area (Å²) in [5.41, 5.74) is 6.23. The van der Waals surface area contributed by atoms with Crippen LogP contribution in [0.1, 0.15) is 31.2 Å². The van der Waals surface area contributed by atoms with Crippen molar-refractivity contribution >= 4 is 5.97 Å². The normalized spacial score (nSPS) is 18.3. The van der Waals surface area contributed by atoms with Gasteiger partial charge in [-0.3, -0.25) is 4.79 Å². The average molecular weight is 247 g/mol. The van der Waals surface area contributed by atoms with E-state index in [4.69, 9.17) is 5.73 Å². The molecule has 3 nitrogen and oxygen atoms in total. The van der Waals surface area contributed by atoms with Crippen molar-refractivity contribution in [3.8, 4) is 0 Å². The van der Waals surface area contributed by atoms with E-state index in [1.165, 1.54) is 18.4 Å². The second-order valence-corrected chi connectivity index (χ2v) is 5.42. The lowest BCUT2D eigenvalue weighted by Crippen LogP contribution is -2.39. The summed E-state index contributed by atoms with van der Waals surface area (Å²) in [7, 11) is 0. The van der Waals surface area contributed by atoms with Crippen molar-refractivity contribution in [2.75, 3.05) is 6.54 Å². The van der Waals surface area contributed by atoms with Crippen LogP contribution in [0.3, 0.4) is 0 Å². The first-order chi connectivity index (χ1) is 8.66. The molecule has 0 aromatic heterocycles. The lowest BCUT2D eigenvalue weighted by molar-refractivity contribution is -0.149. The standard InChI is InChI=1S/C15H21NO2/c16-11-15(14(17)18,10-13-6-7-13)9-8-12-4-2-1-3-5-12/h1-5,13H,6-11,16H2,(H,17,18). The minimum atomic E-state index is -0.729. The van der Waals surface area contributed by atoms with Crippen LogP contribution < -0.4 is 5.73 Å². The number of hydrogen-bond donors (Lipinski definition) is 2. The van der Waals surface area contributed by atoms with Crippen LogP contribution in [0.25, 0.3) is 0 Å². The Hall–Kier alpha value is -1.35. The Morgan fingerprint density at radius 3 is 2.50 bits per heavy atom. The van der Waals surface area contributed by atoms with Crippen LogP contribution in [-0.4, -0.2) is 17.6 Å². The Balaban J connectivity index is 2.02. The molecule has 0 spiro atoms. The third-order valence-electron chi connectivity index (χ3n) is 3.96. The molecule has 0 bridgehead atoms. The molecule has 0 saturated heterocycles. The van der Waals surface area contributed by atoms with E-state index in [1.807, 2.05) is 30.3 Å². The first-order valence-corrected chi connectivity index (χ1v) is 6.64. The van der Waals surface area contributed by atoms with E-state index in [2.05, 4.69) is 0 Å². The molecule has 1 unspecified atom stereocenters. The molecule has 3 heteroatoms. The highest BCUT2D eigenvalue weighted by atomic mass is 16.4. The van der Waals surface area contributed by atoms with E-state index in [9.17, 15) is 9.90 Å². The zero-order valence-electron chi connectivity index (χ0n) is 10.6. The highest BCUT2D eigenvalue weighted by molar-refractivity contribution is 5.75. The number of carbonyl (C=O) groups is 1. The van der Waals surface area contributed by atoms with Crippen LogP contribution in [0, 0.1) is 11.3 Å². The number of hydrogen-bond acceptors (Lipinski definition) is 2. The molecule has 0 radical (unpaired) electrons. The van der Waals surface area contributed by atoms with Crippen molar-refractivity contribution in [3.05, 3.63) is 35.9 Å². The molecule has 1 aromatic rings. The van der Waals surface area contributed by atoms with Crippen LogP contribution in [-0.2, 0) is 11.2 Å². The van der Waals surface area contributed by atoms with Gasteiger partial charge < -0.3 is 10.8 Å². The molecule has 3 N–H and O–H groups in total. The van der Waals surface area contributed by atoms with Crippen LogP contribution in [0.5, 0.6) is 0 Å². The predicted octanol–water partition coefficient (Wildman–Crippen LogP) is 2.45. The quantitative estimate of drug-likeness (QED) is 0.778. The van der Waals surface area contributed by atoms with Gasteiger partial charge in [0.1, 0.15) is 0 Å². The Labute approximate surface area is 108 Å². The van der Waals surface area contributed by atoms with E-state index >= 15 is 0 Å². The van der Waals surface area contributed by atoms with Gasteiger partial charge >= 0.3 is 5.97 Å². The van der Waals surface area contributed by atoms with Crippen LogP contribution in [0.15, 0.2) is 30.3 Å². The summed E-state index contributed by atoms with van der Waals surface area (Å²) in [6.45, 7) is 0.242. The molecular formula is C15H21NO2. The second-order valence-electron chi connectivity index (χ2n) is 5.42. The maximum absolute atomic E-state index is 11.6. The number of aliphatic carboxylic acids is 1. The van der Waals surface area contributed by atoms with Gasteiger partial charge in [-0.15, -0.1) is 0 Å². The number of rotatable bonds is 7. The molecule has 1 atom stereocenters. The van der Waals surface area contributed by atoms with Crippen molar-refractivity contribution < 1.29 is 9.90 Å². The van der Waals surface area contributed by atoms with Gasteiger partial charge in [-0.1, -0.05) is 43.2 Å². The molecular weight excluding hydrogens is 226 g/mol. The van der Waals surface area contributed by atoms with E-state index in [-0.39, 0.29) is 6.54 Å². The lowest BCUT2D eigenvalue weighted by Gasteiger charge is -2.28. The van der Waals surface area contributed by atoms with Crippen LogP contribution >= 0.6 is 0 Å². The topological polar surface area (TPSA) is 63.3 Å². The third kappa shape index (κ3) is 3.10. The molecule has 1 saturated carbocycles. The Bertz CT molecular complexity index is 400.